The van der Waals surface area contributed by atoms with Gasteiger partial charge in [-0.1, -0.05) is 45.7 Å². The summed E-state index contributed by atoms with van der Waals surface area (Å²) in [4.78, 5) is 11.2. The molecule has 5 nitrogen and oxygen atoms in total. The first-order valence-corrected chi connectivity index (χ1v) is 7.88. The van der Waals surface area contributed by atoms with E-state index in [1.165, 1.54) is 14.2 Å². The summed E-state index contributed by atoms with van der Waals surface area (Å²) in [6.45, 7) is 3.71. The third-order valence-electron chi connectivity index (χ3n) is 3.46. The van der Waals surface area contributed by atoms with Gasteiger partial charge in [0.2, 0.25) is 2.57 Å². The van der Waals surface area contributed by atoms with Crippen LogP contribution in [0, 0.1) is 17.3 Å². The molecule has 1 saturated carbocycles. The molecule has 1 fully saturated rings. The number of hydrogen-bond acceptors (Lipinski definition) is 4. The second kappa shape index (κ2) is 5.47. The first kappa shape index (κ1) is 16.6. The lowest BCUT2D eigenvalue weighted by atomic mass is 10.1. The van der Waals surface area contributed by atoms with E-state index in [9.17, 15) is 14.1 Å². The third-order valence-corrected chi connectivity index (χ3v) is 6.93. The Morgan fingerprint density at radius 1 is 1.44 bits per heavy atom. The molecule has 1 aliphatic carbocycles. The molecule has 1 aliphatic rings. The first-order valence-electron chi connectivity index (χ1n) is 5.22. The van der Waals surface area contributed by atoms with E-state index in [-0.39, 0.29) is 5.92 Å². The van der Waals surface area contributed by atoms with E-state index < -0.39 is 37.1 Å². The van der Waals surface area contributed by atoms with Gasteiger partial charge in [0, 0.05) is 13.0 Å². The van der Waals surface area contributed by atoms with E-state index in [1.807, 2.05) is 13.8 Å². The summed E-state index contributed by atoms with van der Waals surface area (Å²) in [5.74, 6) is -1.64. The first-order chi connectivity index (χ1) is 8.12. The number of rotatable bonds is 6. The van der Waals surface area contributed by atoms with Crippen LogP contribution in [0.15, 0.2) is 0 Å². The van der Waals surface area contributed by atoms with Crippen LogP contribution in [0.3, 0.4) is 0 Å². The molecule has 1 rings (SSSR count). The lowest BCUT2D eigenvalue weighted by Crippen LogP contribution is -2.39. The van der Waals surface area contributed by atoms with Crippen molar-refractivity contribution in [1.29, 1.82) is 0 Å². The number of halogens is 2. The topological polar surface area (TPSA) is 72.8 Å². The van der Waals surface area contributed by atoms with Gasteiger partial charge in [0.15, 0.2) is 11.1 Å². The van der Waals surface area contributed by atoms with Crippen molar-refractivity contribution in [2.24, 2.45) is 17.3 Å². The Kier molecular flexibility index (Phi) is 5.03. The average Bonchev–Trinajstić information content (AvgIpc) is 2.81. The van der Waals surface area contributed by atoms with Crippen molar-refractivity contribution >= 4 is 48.9 Å². The maximum Gasteiger partial charge on any atom is 0.307 e. The Morgan fingerprint density at radius 2 is 1.94 bits per heavy atom. The summed E-state index contributed by atoms with van der Waals surface area (Å²) in [5.41, 5.74) is -0.406. The predicted octanol–water partition coefficient (Wildman–Crippen LogP) is 2.11. The molecule has 0 radical (unpaired) electrons. The Morgan fingerprint density at radius 3 is 2.22 bits per heavy atom. The average molecular weight is 408 g/mol. The lowest BCUT2D eigenvalue weighted by molar-refractivity contribution is -0.139. The van der Waals surface area contributed by atoms with Gasteiger partial charge in [-0.3, -0.25) is 8.98 Å². The van der Waals surface area contributed by atoms with Gasteiger partial charge in [-0.2, -0.15) is 0 Å². The molecule has 0 aliphatic heterocycles. The van der Waals surface area contributed by atoms with Gasteiger partial charge in [-0.15, -0.1) is 0 Å². The molecule has 18 heavy (non-hydrogen) atoms. The zero-order chi connectivity index (χ0) is 14.3. The van der Waals surface area contributed by atoms with Crippen molar-refractivity contribution in [3.63, 3.8) is 0 Å². The van der Waals surface area contributed by atoms with Gasteiger partial charge in [-0.05, 0) is 5.41 Å². The van der Waals surface area contributed by atoms with Crippen molar-refractivity contribution in [1.82, 2.24) is 0 Å². The maximum atomic E-state index is 11.8. The molecule has 0 heterocycles. The summed E-state index contributed by atoms with van der Waals surface area (Å²) < 4.78 is 20.8. The third kappa shape index (κ3) is 2.67. The number of aliphatic carboxylic acids is 1. The Labute approximate surface area is 126 Å². The van der Waals surface area contributed by atoms with Gasteiger partial charge in [0.25, 0.3) is 0 Å². The van der Waals surface area contributed by atoms with Crippen molar-refractivity contribution in [2.75, 3.05) is 14.2 Å². The van der Waals surface area contributed by atoms with Crippen molar-refractivity contribution in [2.45, 2.75) is 22.5 Å². The standard InChI is InChI=1S/C10H16Br2O5S/c1-9(2)5(6(9)8(13)14)7(16-3)10(11,12)18(15)17-4/h5-7H,1-4H3,(H,13,14). The van der Waals surface area contributed by atoms with E-state index in [0.29, 0.717) is 0 Å². The Bertz CT molecular complexity index is 371. The van der Waals surface area contributed by atoms with E-state index in [2.05, 4.69) is 31.9 Å². The van der Waals surface area contributed by atoms with Gasteiger partial charge >= 0.3 is 5.97 Å². The van der Waals surface area contributed by atoms with Crippen LogP contribution in [-0.2, 0) is 24.8 Å². The SMILES string of the molecule is COC(C1C(C(=O)O)C1(C)C)C(Br)(Br)S(=O)OC. The summed E-state index contributed by atoms with van der Waals surface area (Å²) in [7, 11) is 2.77. The van der Waals surface area contributed by atoms with Crippen LogP contribution in [-0.4, -0.2) is 38.2 Å². The Hall–Kier alpha value is 0.500. The lowest BCUT2D eigenvalue weighted by Gasteiger charge is -2.28. The fraction of sp³-hybridized carbons (Fsp3) is 0.900. The van der Waals surface area contributed by atoms with Crippen LogP contribution in [0.4, 0.5) is 0 Å². The van der Waals surface area contributed by atoms with Crippen molar-refractivity contribution < 1.29 is 23.0 Å². The molecule has 106 valence electrons. The zero-order valence-electron chi connectivity index (χ0n) is 10.5. The molecule has 0 aromatic carbocycles. The molecular formula is C10H16Br2O5S. The molecule has 0 spiro atoms. The quantitative estimate of drug-likeness (QED) is 0.682. The normalized spacial score (nSPS) is 29.7. The van der Waals surface area contributed by atoms with E-state index >= 15 is 0 Å². The number of methoxy groups -OCH3 is 1. The Balaban J connectivity index is 3.00. The van der Waals surface area contributed by atoms with Crippen LogP contribution in [0.2, 0.25) is 0 Å². The highest BCUT2D eigenvalue weighted by molar-refractivity contribution is 9.27. The molecule has 1 N–H and O–H groups in total. The van der Waals surface area contributed by atoms with Crippen molar-refractivity contribution in [3.8, 4) is 0 Å². The highest BCUT2D eigenvalue weighted by atomic mass is 79.9. The number of alkyl halides is 2. The second-order valence-corrected chi connectivity index (χ2v) is 10.8. The van der Waals surface area contributed by atoms with Gasteiger partial charge in [0.05, 0.1) is 13.0 Å². The number of ether oxygens (including phenoxy) is 1. The van der Waals surface area contributed by atoms with Crippen LogP contribution in [0.1, 0.15) is 13.8 Å². The van der Waals surface area contributed by atoms with Gasteiger partial charge < -0.3 is 9.84 Å². The summed E-state index contributed by atoms with van der Waals surface area (Å²) in [5, 5.41) is 9.17. The molecular weight excluding hydrogens is 392 g/mol. The molecule has 0 saturated heterocycles. The van der Waals surface area contributed by atoms with Crippen LogP contribution >= 0.6 is 31.9 Å². The van der Waals surface area contributed by atoms with Crippen LogP contribution in [0.25, 0.3) is 0 Å². The summed E-state index contributed by atoms with van der Waals surface area (Å²) >= 11 is 4.86. The number of carboxylic acids is 1. The molecule has 8 heteroatoms. The molecule has 0 aromatic rings. The van der Waals surface area contributed by atoms with Gasteiger partial charge in [0.1, 0.15) is 6.10 Å². The fourth-order valence-electron chi connectivity index (χ4n) is 2.41. The van der Waals surface area contributed by atoms with E-state index in [4.69, 9.17) is 8.92 Å². The predicted molar refractivity (Wildman–Crippen MR) is 74.9 cm³/mol. The highest BCUT2D eigenvalue weighted by Crippen LogP contribution is 2.63. The monoisotopic (exact) mass is 406 g/mol. The van der Waals surface area contributed by atoms with Crippen LogP contribution < -0.4 is 0 Å². The summed E-state index contributed by atoms with van der Waals surface area (Å²) in [6, 6.07) is 0. The van der Waals surface area contributed by atoms with Crippen molar-refractivity contribution in [3.05, 3.63) is 0 Å². The minimum Gasteiger partial charge on any atom is -0.481 e. The molecule has 0 bridgehead atoms. The number of carbonyl (C=O) groups is 1. The second-order valence-electron chi connectivity index (χ2n) is 4.78. The van der Waals surface area contributed by atoms with E-state index in [1.54, 1.807) is 0 Å². The molecule has 0 amide bonds. The molecule has 4 atom stereocenters. The molecule has 4 unspecified atom stereocenters. The molecule has 0 aromatic heterocycles. The summed E-state index contributed by atoms with van der Waals surface area (Å²) in [6.07, 6.45) is -0.589. The number of carboxylic acid groups (broad SMARTS) is 1. The number of hydrogen-bond donors (Lipinski definition) is 1. The zero-order valence-corrected chi connectivity index (χ0v) is 14.5. The maximum absolute atomic E-state index is 11.8. The smallest absolute Gasteiger partial charge is 0.307 e. The van der Waals surface area contributed by atoms with E-state index in [0.717, 1.165) is 0 Å². The largest absolute Gasteiger partial charge is 0.481 e. The minimum absolute atomic E-state index is 0.252. The minimum atomic E-state index is -1.69. The van der Waals surface area contributed by atoms with Gasteiger partial charge in [-0.25, -0.2) is 4.21 Å². The fourth-order valence-corrected chi connectivity index (χ4v) is 4.80. The van der Waals surface area contributed by atoms with Crippen LogP contribution in [0.5, 0.6) is 0 Å². The highest BCUT2D eigenvalue weighted by Gasteiger charge is 2.69.